The first-order valence-electron chi connectivity index (χ1n) is 10.4. The minimum atomic E-state index is 1.15. The van der Waals surface area contributed by atoms with E-state index in [0.29, 0.717) is 0 Å². The van der Waals surface area contributed by atoms with Crippen LogP contribution in [-0.4, -0.2) is 75.2 Å². The molecular formula is C23H32N4. The van der Waals surface area contributed by atoms with E-state index < -0.39 is 0 Å². The quantitative estimate of drug-likeness (QED) is 0.781. The fraction of sp³-hybridized carbons (Fsp3) is 0.478. The zero-order valence-corrected chi connectivity index (χ0v) is 16.3. The number of para-hydroxylation sites is 2. The second-order valence-electron chi connectivity index (χ2n) is 7.68. The molecule has 2 aliphatic heterocycles. The van der Waals surface area contributed by atoms with Crippen molar-refractivity contribution in [2.75, 3.05) is 75.2 Å². The van der Waals surface area contributed by atoms with Crippen LogP contribution < -0.4 is 9.80 Å². The van der Waals surface area contributed by atoms with Crippen molar-refractivity contribution in [3.8, 4) is 0 Å². The Kier molecular flexibility index (Phi) is 6.28. The normalized spacial score (nSPS) is 19.4. The summed E-state index contributed by atoms with van der Waals surface area (Å²) in [5, 5.41) is 0. The monoisotopic (exact) mass is 364 g/mol. The van der Waals surface area contributed by atoms with Gasteiger partial charge in [0.2, 0.25) is 0 Å². The van der Waals surface area contributed by atoms with Crippen LogP contribution in [0.15, 0.2) is 60.7 Å². The number of hydrogen-bond acceptors (Lipinski definition) is 4. The Balaban J connectivity index is 1.12. The van der Waals surface area contributed by atoms with Crippen molar-refractivity contribution >= 4 is 11.4 Å². The smallest absolute Gasteiger partial charge is 0.0367 e. The van der Waals surface area contributed by atoms with Gasteiger partial charge in [-0.2, -0.15) is 0 Å². The maximum Gasteiger partial charge on any atom is 0.0367 e. The number of nitrogens with zero attached hydrogens (tertiary/aromatic N) is 4. The van der Waals surface area contributed by atoms with Crippen LogP contribution in [0.25, 0.3) is 0 Å². The summed E-state index contributed by atoms with van der Waals surface area (Å²) in [7, 11) is 0. The average molecular weight is 365 g/mol. The highest BCUT2D eigenvalue weighted by atomic mass is 15.3. The van der Waals surface area contributed by atoms with E-state index in [2.05, 4.69) is 80.3 Å². The maximum atomic E-state index is 2.64. The molecule has 0 unspecified atom stereocenters. The van der Waals surface area contributed by atoms with Gasteiger partial charge in [0.15, 0.2) is 0 Å². The molecule has 2 aliphatic rings. The van der Waals surface area contributed by atoms with E-state index in [1.807, 2.05) is 0 Å². The van der Waals surface area contributed by atoms with Crippen molar-refractivity contribution in [1.82, 2.24) is 9.80 Å². The first-order valence-corrected chi connectivity index (χ1v) is 10.4. The van der Waals surface area contributed by atoms with Gasteiger partial charge >= 0.3 is 0 Å². The number of anilines is 2. The van der Waals surface area contributed by atoms with E-state index in [1.165, 1.54) is 57.1 Å². The molecule has 4 nitrogen and oxygen atoms in total. The Morgan fingerprint density at radius 1 is 0.481 bits per heavy atom. The molecule has 27 heavy (non-hydrogen) atoms. The maximum absolute atomic E-state index is 2.64. The molecule has 144 valence electrons. The Morgan fingerprint density at radius 3 is 1.22 bits per heavy atom. The molecule has 2 aromatic carbocycles. The second-order valence-corrected chi connectivity index (χ2v) is 7.68. The number of hydrogen-bond donors (Lipinski definition) is 0. The van der Waals surface area contributed by atoms with Crippen LogP contribution in [0.5, 0.6) is 0 Å². The van der Waals surface area contributed by atoms with Crippen LogP contribution in [0.2, 0.25) is 0 Å². The topological polar surface area (TPSA) is 13.0 Å². The van der Waals surface area contributed by atoms with Crippen LogP contribution in [0.4, 0.5) is 11.4 Å². The summed E-state index contributed by atoms with van der Waals surface area (Å²) in [5.41, 5.74) is 2.74. The van der Waals surface area contributed by atoms with Crippen molar-refractivity contribution in [3.05, 3.63) is 60.7 Å². The molecular weight excluding hydrogens is 332 g/mol. The Morgan fingerprint density at radius 2 is 0.852 bits per heavy atom. The first kappa shape index (κ1) is 18.3. The third-order valence-electron chi connectivity index (χ3n) is 5.94. The fourth-order valence-electron chi connectivity index (χ4n) is 4.25. The predicted molar refractivity (Wildman–Crippen MR) is 115 cm³/mol. The van der Waals surface area contributed by atoms with Crippen LogP contribution >= 0.6 is 0 Å². The Labute approximate surface area is 164 Å². The molecule has 0 amide bonds. The summed E-state index contributed by atoms with van der Waals surface area (Å²) in [6, 6.07) is 21.7. The molecule has 0 saturated carbocycles. The number of piperazine rings is 2. The number of benzene rings is 2. The van der Waals surface area contributed by atoms with Gasteiger partial charge in [-0.1, -0.05) is 36.4 Å². The summed E-state index contributed by atoms with van der Waals surface area (Å²) < 4.78 is 0. The van der Waals surface area contributed by atoms with Crippen LogP contribution in [0.3, 0.4) is 0 Å². The van der Waals surface area contributed by atoms with Gasteiger partial charge < -0.3 is 9.80 Å². The zero-order valence-electron chi connectivity index (χ0n) is 16.3. The van der Waals surface area contributed by atoms with Gasteiger partial charge in [-0.15, -0.1) is 0 Å². The van der Waals surface area contributed by atoms with Crippen LogP contribution in [-0.2, 0) is 0 Å². The van der Waals surface area contributed by atoms with Gasteiger partial charge in [0, 0.05) is 63.7 Å². The molecule has 4 heteroatoms. The highest BCUT2D eigenvalue weighted by Crippen LogP contribution is 2.17. The molecule has 0 spiro atoms. The summed E-state index contributed by atoms with van der Waals surface area (Å²) >= 11 is 0. The van der Waals surface area contributed by atoms with Crippen molar-refractivity contribution in [2.45, 2.75) is 6.42 Å². The standard InChI is InChI=1S/C23H32N4/c1-3-8-22(9-4-1)26-18-14-24(15-19-26)12-7-13-25-16-20-27(21-17-25)23-10-5-2-6-11-23/h1-6,8-11H,7,12-21H2. The Hall–Kier alpha value is -2.04. The lowest BCUT2D eigenvalue weighted by atomic mass is 10.2. The molecule has 2 aromatic rings. The molecule has 0 radical (unpaired) electrons. The first-order chi connectivity index (χ1) is 13.4. The van der Waals surface area contributed by atoms with Crippen molar-refractivity contribution < 1.29 is 0 Å². The predicted octanol–water partition coefficient (Wildman–Crippen LogP) is 3.02. The molecule has 2 heterocycles. The summed E-state index contributed by atoms with van der Waals surface area (Å²) in [6.07, 6.45) is 1.29. The summed E-state index contributed by atoms with van der Waals surface area (Å²) in [6.45, 7) is 11.9. The van der Waals surface area contributed by atoms with Crippen molar-refractivity contribution in [3.63, 3.8) is 0 Å². The van der Waals surface area contributed by atoms with Crippen molar-refractivity contribution in [1.29, 1.82) is 0 Å². The summed E-state index contributed by atoms with van der Waals surface area (Å²) in [4.78, 5) is 10.3. The van der Waals surface area contributed by atoms with Gasteiger partial charge in [0.1, 0.15) is 0 Å². The molecule has 0 aromatic heterocycles. The molecule has 0 aliphatic carbocycles. The zero-order chi connectivity index (χ0) is 18.3. The minimum absolute atomic E-state index is 1.15. The lowest BCUT2D eigenvalue weighted by molar-refractivity contribution is 0.213. The SMILES string of the molecule is c1ccc(N2CCN(CCCN3CCN(c4ccccc4)CC3)CC2)cc1. The lowest BCUT2D eigenvalue weighted by Crippen LogP contribution is -2.48. The van der Waals surface area contributed by atoms with Gasteiger partial charge in [0.25, 0.3) is 0 Å². The van der Waals surface area contributed by atoms with E-state index >= 15 is 0 Å². The third kappa shape index (κ3) is 5.02. The van der Waals surface area contributed by atoms with Crippen LogP contribution in [0, 0.1) is 0 Å². The van der Waals surface area contributed by atoms with E-state index in [9.17, 15) is 0 Å². The molecule has 0 bridgehead atoms. The van der Waals surface area contributed by atoms with E-state index in [4.69, 9.17) is 0 Å². The highest BCUT2D eigenvalue weighted by molar-refractivity contribution is 5.47. The molecule has 2 saturated heterocycles. The van der Waals surface area contributed by atoms with E-state index in [1.54, 1.807) is 0 Å². The Bertz CT molecular complexity index is 600. The van der Waals surface area contributed by atoms with E-state index in [-0.39, 0.29) is 0 Å². The van der Waals surface area contributed by atoms with Gasteiger partial charge in [-0.05, 0) is 43.8 Å². The van der Waals surface area contributed by atoms with E-state index in [0.717, 1.165) is 26.2 Å². The van der Waals surface area contributed by atoms with Gasteiger partial charge in [-0.25, -0.2) is 0 Å². The third-order valence-corrected chi connectivity index (χ3v) is 5.94. The van der Waals surface area contributed by atoms with Crippen molar-refractivity contribution in [2.24, 2.45) is 0 Å². The summed E-state index contributed by atoms with van der Waals surface area (Å²) in [5.74, 6) is 0. The lowest BCUT2D eigenvalue weighted by Gasteiger charge is -2.38. The number of rotatable bonds is 6. The second kappa shape index (κ2) is 9.25. The van der Waals surface area contributed by atoms with Crippen LogP contribution in [0.1, 0.15) is 6.42 Å². The highest BCUT2D eigenvalue weighted by Gasteiger charge is 2.19. The largest absolute Gasteiger partial charge is 0.369 e. The molecule has 4 rings (SSSR count). The molecule has 0 N–H and O–H groups in total. The van der Waals surface area contributed by atoms with Gasteiger partial charge in [0.05, 0.1) is 0 Å². The fourth-order valence-corrected chi connectivity index (χ4v) is 4.25. The van der Waals surface area contributed by atoms with Gasteiger partial charge in [-0.3, -0.25) is 9.80 Å². The minimum Gasteiger partial charge on any atom is -0.369 e. The molecule has 2 fully saturated rings. The molecule has 0 atom stereocenters. The average Bonchev–Trinajstić information content (AvgIpc) is 2.76.